The standard InChI is InChI=1S/C23H30N8O2S/c1-29-9-11-30(12-10-29)18-5-6-19(24-15-18)27-22-25-14-17-13-20-31(21(17)28-22)23(7-3-2-4-8-23)16-26-34(20,32)33/h5-6,13-15,26H,2-4,7-12,16H2,1H3,(H,24,25,27,28). The summed E-state index contributed by atoms with van der Waals surface area (Å²) in [5, 5.41) is 4.22. The zero-order valence-electron chi connectivity index (χ0n) is 19.4. The van der Waals surface area contributed by atoms with E-state index in [2.05, 4.69) is 42.9 Å². The maximum absolute atomic E-state index is 12.8. The van der Waals surface area contributed by atoms with Gasteiger partial charge in [0, 0.05) is 44.3 Å². The Kier molecular flexibility index (Phi) is 5.23. The van der Waals surface area contributed by atoms with Gasteiger partial charge in [-0.2, -0.15) is 4.98 Å². The summed E-state index contributed by atoms with van der Waals surface area (Å²) in [7, 11) is -1.42. The summed E-state index contributed by atoms with van der Waals surface area (Å²) in [5.41, 5.74) is 1.50. The van der Waals surface area contributed by atoms with Gasteiger partial charge in [-0.1, -0.05) is 19.3 Å². The number of nitrogens with zero attached hydrogens (tertiary/aromatic N) is 6. The molecular weight excluding hydrogens is 452 g/mol. The molecule has 180 valence electrons. The van der Waals surface area contributed by atoms with Crippen LogP contribution in [0, 0.1) is 0 Å². The molecule has 3 aromatic heterocycles. The first-order valence-electron chi connectivity index (χ1n) is 12.0. The van der Waals surface area contributed by atoms with Crippen LogP contribution in [0.25, 0.3) is 11.0 Å². The fourth-order valence-corrected chi connectivity index (χ4v) is 6.91. The smallest absolute Gasteiger partial charge is 0.256 e. The fourth-order valence-electron chi connectivity index (χ4n) is 5.50. The first-order valence-corrected chi connectivity index (χ1v) is 13.5. The SMILES string of the molecule is CN1CCN(c2ccc(Nc3ncc4cc5n(c4n3)C3(CCCCC3)CNS5(=O)=O)nc2)CC1. The highest BCUT2D eigenvalue weighted by Gasteiger charge is 2.43. The highest BCUT2D eigenvalue weighted by atomic mass is 32.2. The molecule has 3 aromatic rings. The second-order valence-corrected chi connectivity index (χ2v) is 11.4. The van der Waals surface area contributed by atoms with Gasteiger partial charge in [0.05, 0.1) is 17.4 Å². The van der Waals surface area contributed by atoms with Crippen LogP contribution in [0.5, 0.6) is 0 Å². The van der Waals surface area contributed by atoms with E-state index in [4.69, 9.17) is 4.98 Å². The number of rotatable bonds is 3. The normalized spacial score (nSPS) is 22.1. The molecule has 1 spiro atoms. The van der Waals surface area contributed by atoms with E-state index in [1.54, 1.807) is 12.3 Å². The quantitative estimate of drug-likeness (QED) is 0.585. The van der Waals surface area contributed by atoms with Gasteiger partial charge in [-0.15, -0.1) is 0 Å². The van der Waals surface area contributed by atoms with E-state index in [0.717, 1.165) is 62.9 Å². The Bertz CT molecular complexity index is 1310. The maximum atomic E-state index is 12.8. The van der Waals surface area contributed by atoms with Crippen molar-refractivity contribution in [2.75, 3.05) is 50.0 Å². The molecule has 1 saturated carbocycles. The lowest BCUT2D eigenvalue weighted by Crippen LogP contribution is -2.52. The predicted octanol–water partition coefficient (Wildman–Crippen LogP) is 2.27. The minimum Gasteiger partial charge on any atom is -0.368 e. The average Bonchev–Trinajstić information content (AvgIpc) is 3.25. The van der Waals surface area contributed by atoms with Crippen LogP contribution >= 0.6 is 0 Å². The summed E-state index contributed by atoms with van der Waals surface area (Å²) >= 11 is 0. The lowest BCUT2D eigenvalue weighted by Gasteiger charge is -2.42. The van der Waals surface area contributed by atoms with Crippen molar-refractivity contribution in [3.8, 4) is 0 Å². The van der Waals surface area contributed by atoms with Gasteiger partial charge in [0.15, 0.2) is 5.03 Å². The first kappa shape index (κ1) is 21.8. The summed E-state index contributed by atoms with van der Waals surface area (Å²) in [4.78, 5) is 18.4. The number of hydrogen-bond donors (Lipinski definition) is 2. The third-order valence-corrected chi connectivity index (χ3v) is 8.86. The molecule has 34 heavy (non-hydrogen) atoms. The van der Waals surface area contributed by atoms with Gasteiger partial charge < -0.3 is 19.7 Å². The van der Waals surface area contributed by atoms with Crippen molar-refractivity contribution in [2.24, 2.45) is 0 Å². The maximum Gasteiger partial charge on any atom is 0.256 e. The van der Waals surface area contributed by atoms with Crippen LogP contribution in [-0.4, -0.2) is 72.6 Å². The van der Waals surface area contributed by atoms with E-state index < -0.39 is 10.0 Å². The monoisotopic (exact) mass is 482 g/mol. The second-order valence-electron chi connectivity index (χ2n) is 9.72. The number of anilines is 3. The Morgan fingerprint density at radius 3 is 2.56 bits per heavy atom. The van der Waals surface area contributed by atoms with E-state index in [9.17, 15) is 8.42 Å². The molecular formula is C23H30N8O2S. The van der Waals surface area contributed by atoms with Gasteiger partial charge in [-0.3, -0.25) is 0 Å². The number of piperazine rings is 1. The summed E-state index contributed by atoms with van der Waals surface area (Å²) in [6.45, 7) is 4.48. The van der Waals surface area contributed by atoms with Crippen molar-refractivity contribution in [3.63, 3.8) is 0 Å². The molecule has 1 saturated heterocycles. The molecule has 2 N–H and O–H groups in total. The number of nitrogens with one attached hydrogen (secondary N) is 2. The lowest BCUT2D eigenvalue weighted by atomic mass is 9.81. The highest BCUT2D eigenvalue weighted by Crippen LogP contribution is 2.42. The van der Waals surface area contributed by atoms with Gasteiger partial charge in [-0.25, -0.2) is 23.1 Å². The van der Waals surface area contributed by atoms with E-state index in [1.807, 2.05) is 16.8 Å². The highest BCUT2D eigenvalue weighted by molar-refractivity contribution is 7.89. The zero-order chi connectivity index (χ0) is 23.3. The van der Waals surface area contributed by atoms with Crippen LogP contribution in [0.4, 0.5) is 17.5 Å². The third kappa shape index (κ3) is 3.71. The summed E-state index contributed by atoms with van der Waals surface area (Å²) in [6, 6.07) is 5.69. The van der Waals surface area contributed by atoms with Gasteiger partial charge in [0.25, 0.3) is 10.0 Å². The fraction of sp³-hybridized carbons (Fsp3) is 0.522. The Labute approximate surface area is 199 Å². The van der Waals surface area contributed by atoms with Crippen LogP contribution in [-0.2, 0) is 15.6 Å². The first-order chi connectivity index (χ1) is 16.4. The number of hydrogen-bond acceptors (Lipinski definition) is 8. The molecule has 2 aliphatic heterocycles. The number of fused-ring (bicyclic) bond motifs is 4. The summed E-state index contributed by atoms with van der Waals surface area (Å²) in [5.74, 6) is 1.07. The average molecular weight is 483 g/mol. The second kappa shape index (κ2) is 8.17. The molecule has 5 heterocycles. The van der Waals surface area contributed by atoms with Crippen molar-refractivity contribution in [1.82, 2.24) is 29.1 Å². The van der Waals surface area contributed by atoms with E-state index >= 15 is 0 Å². The Balaban J connectivity index is 1.31. The predicted molar refractivity (Wildman–Crippen MR) is 131 cm³/mol. The van der Waals surface area contributed by atoms with Crippen LogP contribution in [0.15, 0.2) is 35.6 Å². The van der Waals surface area contributed by atoms with Gasteiger partial charge in [-0.05, 0) is 38.1 Å². The molecule has 2 fully saturated rings. The summed E-state index contributed by atoms with van der Waals surface area (Å²) in [6.07, 6.45) is 8.80. The number of likely N-dealkylation sites (N-methyl/N-ethyl adjacent to an activating group) is 1. The molecule has 3 aliphatic rings. The molecule has 11 heteroatoms. The molecule has 6 rings (SSSR count). The topological polar surface area (TPSA) is 108 Å². The molecule has 0 bridgehead atoms. The van der Waals surface area contributed by atoms with Gasteiger partial charge >= 0.3 is 0 Å². The van der Waals surface area contributed by atoms with E-state index in [-0.39, 0.29) is 10.6 Å². The molecule has 0 unspecified atom stereocenters. The van der Waals surface area contributed by atoms with Crippen LogP contribution in [0.1, 0.15) is 32.1 Å². The molecule has 0 amide bonds. The number of sulfonamides is 1. The van der Waals surface area contributed by atoms with Crippen LogP contribution in [0.2, 0.25) is 0 Å². The van der Waals surface area contributed by atoms with Crippen molar-refractivity contribution in [1.29, 1.82) is 0 Å². The largest absolute Gasteiger partial charge is 0.368 e. The molecule has 0 radical (unpaired) electrons. The Morgan fingerprint density at radius 2 is 1.82 bits per heavy atom. The van der Waals surface area contributed by atoms with E-state index in [0.29, 0.717) is 24.0 Å². The Hall–Kier alpha value is -2.76. The van der Waals surface area contributed by atoms with Crippen molar-refractivity contribution < 1.29 is 8.42 Å². The van der Waals surface area contributed by atoms with Crippen molar-refractivity contribution in [2.45, 2.75) is 42.7 Å². The summed E-state index contributed by atoms with van der Waals surface area (Å²) < 4.78 is 30.4. The molecule has 0 aromatic carbocycles. The lowest BCUT2D eigenvalue weighted by molar-refractivity contribution is 0.181. The van der Waals surface area contributed by atoms with E-state index in [1.165, 1.54) is 6.42 Å². The van der Waals surface area contributed by atoms with Gasteiger partial charge in [0.2, 0.25) is 5.95 Å². The minimum atomic E-state index is -3.57. The zero-order valence-corrected chi connectivity index (χ0v) is 20.2. The number of aromatic nitrogens is 4. The molecule has 10 nitrogen and oxygen atoms in total. The van der Waals surface area contributed by atoms with Crippen LogP contribution in [0.3, 0.4) is 0 Å². The number of pyridine rings is 1. The van der Waals surface area contributed by atoms with Crippen molar-refractivity contribution >= 4 is 38.5 Å². The third-order valence-electron chi connectivity index (χ3n) is 7.49. The molecule has 1 aliphatic carbocycles. The molecule has 0 atom stereocenters. The minimum absolute atomic E-state index is 0.269. The Morgan fingerprint density at radius 1 is 1.03 bits per heavy atom. The van der Waals surface area contributed by atoms with Gasteiger partial charge in [0.1, 0.15) is 11.5 Å². The van der Waals surface area contributed by atoms with Crippen molar-refractivity contribution in [3.05, 3.63) is 30.6 Å². The van der Waals surface area contributed by atoms with Crippen LogP contribution < -0.4 is 14.9 Å².